The minimum absolute atomic E-state index is 0.000546. The first kappa shape index (κ1) is 15.4. The first-order valence-corrected chi connectivity index (χ1v) is 5.85. The Labute approximate surface area is 98.8 Å². The highest BCUT2D eigenvalue weighted by molar-refractivity contribution is 5.78. The molecular weight excluding hydrogens is 204 g/mol. The Morgan fingerprint density at radius 3 is 2.25 bits per heavy atom. The standard InChI is InChI=1S/C12H26N2O2/c1-6-12(4,5)14-10(16)7-13-8-11(2,3)9-15/h13,15H,6-9H2,1-5H3,(H,14,16). The van der Waals surface area contributed by atoms with Gasteiger partial charge in [0.05, 0.1) is 6.54 Å². The number of carbonyl (C=O) groups excluding carboxylic acids is 1. The van der Waals surface area contributed by atoms with Crippen molar-refractivity contribution >= 4 is 5.91 Å². The van der Waals surface area contributed by atoms with Crippen molar-refractivity contribution in [1.29, 1.82) is 0 Å². The van der Waals surface area contributed by atoms with Gasteiger partial charge in [-0.3, -0.25) is 4.79 Å². The summed E-state index contributed by atoms with van der Waals surface area (Å²) in [5.74, 6) is 0.000546. The van der Waals surface area contributed by atoms with E-state index in [0.29, 0.717) is 13.1 Å². The van der Waals surface area contributed by atoms with Crippen LogP contribution in [0, 0.1) is 5.41 Å². The molecule has 0 rings (SSSR count). The molecule has 0 aromatic rings. The molecule has 0 saturated carbocycles. The van der Waals surface area contributed by atoms with E-state index in [1.165, 1.54) is 0 Å². The highest BCUT2D eigenvalue weighted by Gasteiger charge is 2.19. The molecule has 3 N–H and O–H groups in total. The van der Waals surface area contributed by atoms with E-state index in [1.54, 1.807) is 0 Å². The first-order chi connectivity index (χ1) is 7.22. The largest absolute Gasteiger partial charge is 0.396 e. The Balaban J connectivity index is 3.83. The Hall–Kier alpha value is -0.610. The second-order valence-corrected chi connectivity index (χ2v) is 5.71. The second-order valence-electron chi connectivity index (χ2n) is 5.71. The minimum atomic E-state index is -0.180. The Morgan fingerprint density at radius 1 is 1.25 bits per heavy atom. The van der Waals surface area contributed by atoms with Crippen LogP contribution in [-0.2, 0) is 4.79 Å². The SMILES string of the molecule is CCC(C)(C)NC(=O)CNCC(C)(C)CO. The summed E-state index contributed by atoms with van der Waals surface area (Å²) in [6.45, 7) is 11.0. The molecule has 0 aromatic heterocycles. The molecule has 0 atom stereocenters. The van der Waals surface area contributed by atoms with Gasteiger partial charge in [-0.1, -0.05) is 20.8 Å². The van der Waals surface area contributed by atoms with Crippen LogP contribution >= 0.6 is 0 Å². The van der Waals surface area contributed by atoms with Gasteiger partial charge < -0.3 is 15.7 Å². The van der Waals surface area contributed by atoms with E-state index >= 15 is 0 Å². The van der Waals surface area contributed by atoms with Crippen LogP contribution in [0.3, 0.4) is 0 Å². The van der Waals surface area contributed by atoms with Crippen LogP contribution in [0.1, 0.15) is 41.0 Å². The summed E-state index contributed by atoms with van der Waals surface area (Å²) in [7, 11) is 0. The van der Waals surface area contributed by atoms with Crippen LogP contribution < -0.4 is 10.6 Å². The van der Waals surface area contributed by atoms with E-state index < -0.39 is 0 Å². The van der Waals surface area contributed by atoms with Crippen LogP contribution in [0.2, 0.25) is 0 Å². The zero-order valence-electron chi connectivity index (χ0n) is 11.2. The lowest BCUT2D eigenvalue weighted by Gasteiger charge is -2.26. The molecule has 0 bridgehead atoms. The average Bonchev–Trinajstić information content (AvgIpc) is 2.17. The van der Waals surface area contributed by atoms with Gasteiger partial charge in [-0.05, 0) is 20.3 Å². The third kappa shape index (κ3) is 6.80. The molecule has 0 radical (unpaired) electrons. The van der Waals surface area contributed by atoms with Gasteiger partial charge in [0.15, 0.2) is 0 Å². The number of rotatable bonds is 7. The molecule has 0 spiro atoms. The number of aliphatic hydroxyl groups is 1. The highest BCUT2D eigenvalue weighted by atomic mass is 16.3. The molecule has 1 amide bonds. The fraction of sp³-hybridized carbons (Fsp3) is 0.917. The monoisotopic (exact) mass is 230 g/mol. The third-order valence-corrected chi connectivity index (χ3v) is 2.68. The Bertz CT molecular complexity index is 225. The van der Waals surface area contributed by atoms with Gasteiger partial charge in [-0.15, -0.1) is 0 Å². The summed E-state index contributed by atoms with van der Waals surface area (Å²) in [6.07, 6.45) is 0.904. The smallest absolute Gasteiger partial charge is 0.234 e. The number of amides is 1. The van der Waals surface area contributed by atoms with Crippen LogP contribution in [-0.4, -0.2) is 36.2 Å². The second kappa shape index (κ2) is 6.21. The molecule has 0 unspecified atom stereocenters. The maximum atomic E-state index is 11.6. The van der Waals surface area contributed by atoms with E-state index in [-0.39, 0.29) is 23.5 Å². The quantitative estimate of drug-likeness (QED) is 0.609. The maximum Gasteiger partial charge on any atom is 0.234 e. The van der Waals surface area contributed by atoms with Crippen molar-refractivity contribution in [2.45, 2.75) is 46.6 Å². The zero-order chi connectivity index (χ0) is 12.8. The van der Waals surface area contributed by atoms with Gasteiger partial charge in [0, 0.05) is 24.1 Å². The molecule has 4 heteroatoms. The molecule has 0 aliphatic rings. The van der Waals surface area contributed by atoms with Crippen LogP contribution in [0.5, 0.6) is 0 Å². The van der Waals surface area contributed by atoms with Gasteiger partial charge in [-0.25, -0.2) is 0 Å². The van der Waals surface area contributed by atoms with Crippen molar-refractivity contribution in [3.05, 3.63) is 0 Å². The lowest BCUT2D eigenvalue weighted by Crippen LogP contribution is -2.47. The number of aliphatic hydroxyl groups excluding tert-OH is 1. The van der Waals surface area contributed by atoms with Gasteiger partial charge in [0.2, 0.25) is 5.91 Å². The predicted octanol–water partition coefficient (Wildman–Crippen LogP) is 0.899. The van der Waals surface area contributed by atoms with Crippen molar-refractivity contribution in [1.82, 2.24) is 10.6 Å². The third-order valence-electron chi connectivity index (χ3n) is 2.68. The topological polar surface area (TPSA) is 61.4 Å². The van der Waals surface area contributed by atoms with E-state index in [4.69, 9.17) is 5.11 Å². The number of hydrogen-bond donors (Lipinski definition) is 3. The van der Waals surface area contributed by atoms with E-state index in [1.807, 2.05) is 34.6 Å². The van der Waals surface area contributed by atoms with Crippen LogP contribution in [0.25, 0.3) is 0 Å². The molecule has 96 valence electrons. The fourth-order valence-electron chi connectivity index (χ4n) is 1.08. The molecule has 0 aliphatic heterocycles. The van der Waals surface area contributed by atoms with Gasteiger partial charge in [0.1, 0.15) is 0 Å². The summed E-state index contributed by atoms with van der Waals surface area (Å²) < 4.78 is 0. The molecule has 4 nitrogen and oxygen atoms in total. The van der Waals surface area contributed by atoms with E-state index in [2.05, 4.69) is 10.6 Å². The summed E-state index contributed by atoms with van der Waals surface area (Å²) in [5.41, 5.74) is -0.328. The molecule has 0 aliphatic carbocycles. The maximum absolute atomic E-state index is 11.6. The molecule has 0 heterocycles. The van der Waals surface area contributed by atoms with Crippen molar-refractivity contribution in [3.8, 4) is 0 Å². The van der Waals surface area contributed by atoms with Crippen LogP contribution in [0.4, 0.5) is 0 Å². The lowest BCUT2D eigenvalue weighted by atomic mass is 9.95. The summed E-state index contributed by atoms with van der Waals surface area (Å²) in [6, 6.07) is 0. The minimum Gasteiger partial charge on any atom is -0.396 e. The normalized spacial score (nSPS) is 12.6. The Morgan fingerprint density at radius 2 is 1.81 bits per heavy atom. The molecular formula is C12H26N2O2. The van der Waals surface area contributed by atoms with E-state index in [9.17, 15) is 4.79 Å². The first-order valence-electron chi connectivity index (χ1n) is 5.85. The van der Waals surface area contributed by atoms with Crippen molar-refractivity contribution in [2.24, 2.45) is 5.41 Å². The predicted molar refractivity (Wildman–Crippen MR) is 66.2 cm³/mol. The van der Waals surface area contributed by atoms with Crippen molar-refractivity contribution in [3.63, 3.8) is 0 Å². The molecule has 0 saturated heterocycles. The summed E-state index contributed by atoms with van der Waals surface area (Å²) >= 11 is 0. The summed E-state index contributed by atoms with van der Waals surface area (Å²) in [4.78, 5) is 11.6. The zero-order valence-corrected chi connectivity index (χ0v) is 11.2. The molecule has 16 heavy (non-hydrogen) atoms. The average molecular weight is 230 g/mol. The summed E-state index contributed by atoms with van der Waals surface area (Å²) in [5, 5.41) is 15.0. The van der Waals surface area contributed by atoms with Gasteiger partial charge in [0.25, 0.3) is 0 Å². The highest BCUT2D eigenvalue weighted by Crippen LogP contribution is 2.11. The lowest BCUT2D eigenvalue weighted by molar-refractivity contribution is -0.121. The van der Waals surface area contributed by atoms with Gasteiger partial charge >= 0.3 is 0 Å². The fourth-order valence-corrected chi connectivity index (χ4v) is 1.08. The van der Waals surface area contributed by atoms with Crippen molar-refractivity contribution < 1.29 is 9.90 Å². The number of carbonyl (C=O) groups is 1. The Kier molecular flexibility index (Phi) is 5.97. The molecule has 0 aromatic carbocycles. The van der Waals surface area contributed by atoms with Crippen LogP contribution in [0.15, 0.2) is 0 Å². The molecule has 0 fully saturated rings. The van der Waals surface area contributed by atoms with Crippen molar-refractivity contribution in [2.75, 3.05) is 19.7 Å². The number of nitrogens with one attached hydrogen (secondary N) is 2. The van der Waals surface area contributed by atoms with E-state index in [0.717, 1.165) is 6.42 Å². The number of hydrogen-bond acceptors (Lipinski definition) is 3. The van der Waals surface area contributed by atoms with Gasteiger partial charge in [-0.2, -0.15) is 0 Å².